The van der Waals surface area contributed by atoms with Gasteiger partial charge < -0.3 is 9.47 Å². The van der Waals surface area contributed by atoms with Crippen LogP contribution < -0.4 is 0 Å². The molecule has 1 atom stereocenters. The van der Waals surface area contributed by atoms with Gasteiger partial charge in [-0.15, -0.1) is 0 Å². The smallest absolute Gasteiger partial charge is 0.270 e. The summed E-state index contributed by atoms with van der Waals surface area (Å²) in [7, 11) is 0.473. The molecule has 1 aliphatic rings. The molecular formula is C15H17ClN2O3S. The van der Waals surface area contributed by atoms with Crippen molar-refractivity contribution in [3.8, 4) is 0 Å². The van der Waals surface area contributed by atoms with Crippen molar-refractivity contribution in [3.05, 3.63) is 35.0 Å². The van der Waals surface area contributed by atoms with Crippen molar-refractivity contribution in [2.45, 2.75) is 12.5 Å². The summed E-state index contributed by atoms with van der Waals surface area (Å²) in [6, 6.07) is 7.01. The summed E-state index contributed by atoms with van der Waals surface area (Å²) in [5, 5.41) is 1.51. The molecule has 0 N–H and O–H groups in total. The second-order valence-electron chi connectivity index (χ2n) is 5.76. The number of carbonyl (C=O) groups excluding carboxylic acids is 1. The van der Waals surface area contributed by atoms with Gasteiger partial charge in [-0.05, 0) is 30.7 Å². The number of hydrogen-bond acceptors (Lipinski definition) is 3. The molecule has 2 aromatic rings. The van der Waals surface area contributed by atoms with E-state index in [0.29, 0.717) is 17.1 Å². The van der Waals surface area contributed by atoms with Crippen LogP contribution in [0.15, 0.2) is 24.3 Å². The van der Waals surface area contributed by atoms with Gasteiger partial charge in [-0.1, -0.05) is 11.6 Å². The molecule has 1 fully saturated rings. The van der Waals surface area contributed by atoms with Gasteiger partial charge in [0.25, 0.3) is 5.91 Å². The average Bonchev–Trinajstić information content (AvgIpc) is 2.97. The van der Waals surface area contributed by atoms with Gasteiger partial charge in [0.15, 0.2) is 9.84 Å². The topological polar surface area (TPSA) is 59.4 Å². The van der Waals surface area contributed by atoms with Crippen molar-refractivity contribution < 1.29 is 13.2 Å². The highest BCUT2D eigenvalue weighted by atomic mass is 35.5. The molecule has 1 saturated heterocycles. The predicted octanol–water partition coefficient (Wildman–Crippen LogP) is 2.09. The van der Waals surface area contributed by atoms with E-state index in [-0.39, 0.29) is 23.5 Å². The lowest BCUT2D eigenvalue weighted by atomic mass is 10.2. The van der Waals surface area contributed by atoms with Crippen LogP contribution in [0.25, 0.3) is 10.9 Å². The molecule has 0 saturated carbocycles. The lowest BCUT2D eigenvalue weighted by Crippen LogP contribution is -2.38. The number of rotatable bonds is 2. The molecule has 22 heavy (non-hydrogen) atoms. The highest BCUT2D eigenvalue weighted by Gasteiger charge is 2.33. The van der Waals surface area contributed by atoms with Crippen molar-refractivity contribution in [1.29, 1.82) is 0 Å². The van der Waals surface area contributed by atoms with Crippen molar-refractivity contribution in [2.75, 3.05) is 18.6 Å². The molecule has 0 spiro atoms. The second kappa shape index (κ2) is 5.28. The number of hydrogen-bond donors (Lipinski definition) is 0. The Kier molecular flexibility index (Phi) is 3.69. The van der Waals surface area contributed by atoms with Crippen LogP contribution in [0.4, 0.5) is 0 Å². The highest BCUT2D eigenvalue weighted by molar-refractivity contribution is 7.91. The summed E-state index contributed by atoms with van der Waals surface area (Å²) < 4.78 is 25.0. The van der Waals surface area contributed by atoms with Gasteiger partial charge in [-0.2, -0.15) is 0 Å². The minimum Gasteiger partial charge on any atom is -0.340 e. The fraction of sp³-hybridized carbons (Fsp3) is 0.400. The molecule has 3 rings (SSSR count). The quantitative estimate of drug-likeness (QED) is 0.841. The lowest BCUT2D eigenvalue weighted by molar-refractivity contribution is 0.0738. The Hall–Kier alpha value is -1.53. The first-order valence-corrected chi connectivity index (χ1v) is 9.21. The summed E-state index contributed by atoms with van der Waals surface area (Å²) in [6.45, 7) is 0. The van der Waals surface area contributed by atoms with Gasteiger partial charge in [-0.3, -0.25) is 4.79 Å². The van der Waals surface area contributed by atoms with Gasteiger partial charge in [0, 0.05) is 36.1 Å². The van der Waals surface area contributed by atoms with E-state index in [1.54, 1.807) is 24.1 Å². The Morgan fingerprint density at radius 2 is 2.09 bits per heavy atom. The summed E-state index contributed by atoms with van der Waals surface area (Å²) >= 11 is 5.99. The van der Waals surface area contributed by atoms with E-state index >= 15 is 0 Å². The molecule has 1 aromatic carbocycles. The third kappa shape index (κ3) is 2.61. The van der Waals surface area contributed by atoms with E-state index in [0.717, 1.165) is 10.9 Å². The molecule has 1 aliphatic heterocycles. The number of sulfone groups is 1. The SMILES string of the molecule is CN(C(=O)c1cc2cc(Cl)ccc2n1C)C1CCS(=O)(=O)C1. The van der Waals surface area contributed by atoms with Crippen molar-refractivity contribution in [2.24, 2.45) is 7.05 Å². The van der Waals surface area contributed by atoms with Gasteiger partial charge in [0.05, 0.1) is 11.5 Å². The summed E-state index contributed by atoms with van der Waals surface area (Å²) in [5.74, 6) is 0.0299. The number of aryl methyl sites for hydroxylation is 1. The Bertz CT molecular complexity index is 857. The van der Waals surface area contributed by atoms with Crippen LogP contribution in [0.1, 0.15) is 16.9 Å². The van der Waals surface area contributed by atoms with E-state index in [4.69, 9.17) is 11.6 Å². The fourth-order valence-corrected chi connectivity index (χ4v) is 4.91. The van der Waals surface area contributed by atoms with Crippen molar-refractivity contribution >= 4 is 38.2 Å². The molecule has 118 valence electrons. The Morgan fingerprint density at radius 3 is 2.73 bits per heavy atom. The van der Waals surface area contributed by atoms with Gasteiger partial charge in [-0.25, -0.2) is 8.42 Å². The predicted molar refractivity (Wildman–Crippen MR) is 87.1 cm³/mol. The standard InChI is InChI=1S/C15H17ClN2O3S/c1-17(12-5-6-22(20,21)9-12)15(19)14-8-10-7-11(16)3-4-13(10)18(14)2/h3-4,7-8,12H,5-6,9H2,1-2H3. The van der Waals surface area contributed by atoms with Crippen LogP contribution in [-0.2, 0) is 16.9 Å². The first-order valence-electron chi connectivity index (χ1n) is 7.01. The molecule has 0 bridgehead atoms. The third-order valence-corrected chi connectivity index (χ3v) is 6.29. The van der Waals surface area contributed by atoms with E-state index < -0.39 is 9.84 Å². The highest BCUT2D eigenvalue weighted by Crippen LogP contribution is 2.25. The molecular weight excluding hydrogens is 324 g/mol. The monoisotopic (exact) mass is 340 g/mol. The third-order valence-electron chi connectivity index (χ3n) is 4.30. The number of aromatic nitrogens is 1. The fourth-order valence-electron chi connectivity index (χ4n) is 2.95. The normalized spacial score (nSPS) is 20.4. The lowest BCUT2D eigenvalue weighted by Gasteiger charge is -2.23. The van der Waals surface area contributed by atoms with Gasteiger partial charge in [0.1, 0.15) is 5.69 Å². The minimum absolute atomic E-state index is 0.0466. The second-order valence-corrected chi connectivity index (χ2v) is 8.43. The Balaban J connectivity index is 1.93. The molecule has 5 nitrogen and oxygen atoms in total. The maximum atomic E-state index is 12.7. The van der Waals surface area contributed by atoms with E-state index in [1.807, 2.05) is 23.7 Å². The Labute approximate surface area is 134 Å². The zero-order valence-electron chi connectivity index (χ0n) is 12.4. The average molecular weight is 341 g/mol. The van der Waals surface area contributed by atoms with Crippen LogP contribution in [0, 0.1) is 0 Å². The van der Waals surface area contributed by atoms with Crippen molar-refractivity contribution in [1.82, 2.24) is 9.47 Å². The van der Waals surface area contributed by atoms with Crippen LogP contribution in [-0.4, -0.2) is 48.4 Å². The van der Waals surface area contributed by atoms with Crippen LogP contribution in [0.2, 0.25) is 5.02 Å². The molecule has 7 heteroatoms. The number of carbonyl (C=O) groups is 1. The minimum atomic E-state index is -3.01. The number of amides is 1. The van der Waals surface area contributed by atoms with E-state index in [9.17, 15) is 13.2 Å². The zero-order valence-corrected chi connectivity index (χ0v) is 14.0. The first kappa shape index (κ1) is 15.4. The molecule has 1 unspecified atom stereocenters. The molecule has 0 radical (unpaired) electrons. The molecule has 0 aliphatic carbocycles. The zero-order chi connectivity index (χ0) is 16.1. The van der Waals surface area contributed by atoms with Gasteiger partial charge in [0.2, 0.25) is 0 Å². The van der Waals surface area contributed by atoms with E-state index in [1.165, 1.54) is 0 Å². The maximum Gasteiger partial charge on any atom is 0.270 e. The van der Waals surface area contributed by atoms with E-state index in [2.05, 4.69) is 0 Å². The Morgan fingerprint density at radius 1 is 1.36 bits per heavy atom. The first-order chi connectivity index (χ1) is 10.3. The molecule has 2 heterocycles. The van der Waals surface area contributed by atoms with Crippen LogP contribution in [0.3, 0.4) is 0 Å². The summed E-state index contributed by atoms with van der Waals surface area (Å²) in [6.07, 6.45) is 0.500. The number of benzene rings is 1. The largest absolute Gasteiger partial charge is 0.340 e. The van der Waals surface area contributed by atoms with Crippen LogP contribution in [0.5, 0.6) is 0 Å². The molecule has 1 aromatic heterocycles. The van der Waals surface area contributed by atoms with Crippen molar-refractivity contribution in [3.63, 3.8) is 0 Å². The number of halogens is 1. The number of nitrogens with zero attached hydrogens (tertiary/aromatic N) is 2. The van der Waals surface area contributed by atoms with Gasteiger partial charge >= 0.3 is 0 Å². The van der Waals surface area contributed by atoms with Crippen LogP contribution >= 0.6 is 11.6 Å². The molecule has 1 amide bonds. The number of fused-ring (bicyclic) bond motifs is 1. The summed E-state index contributed by atoms with van der Waals surface area (Å²) in [4.78, 5) is 14.2. The summed E-state index contributed by atoms with van der Waals surface area (Å²) in [5.41, 5.74) is 1.45. The maximum absolute atomic E-state index is 12.7.